The molecule has 1 saturated heterocycles. The molecule has 1 atom stereocenters. The Morgan fingerprint density at radius 3 is 2.69 bits per heavy atom. The highest BCUT2D eigenvalue weighted by Gasteiger charge is 2.36. The maximum atomic E-state index is 13.1. The number of hydrogen-bond acceptors (Lipinski definition) is 4. The van der Waals surface area contributed by atoms with Crippen molar-refractivity contribution in [1.29, 1.82) is 0 Å². The van der Waals surface area contributed by atoms with Crippen molar-refractivity contribution in [2.75, 3.05) is 13.1 Å². The number of rotatable bonds is 2. The van der Waals surface area contributed by atoms with Crippen LogP contribution < -0.4 is 0 Å². The number of aromatic amines is 1. The van der Waals surface area contributed by atoms with Crippen LogP contribution in [-0.4, -0.2) is 50.5 Å². The molecule has 2 amide bonds. The number of amides is 2. The first-order chi connectivity index (χ1) is 16.6. The fraction of sp³-hybridized carbons (Fsp3) is 0.464. The normalized spacial score (nSPS) is 18.1. The number of pyridine rings is 1. The van der Waals surface area contributed by atoms with Crippen LogP contribution in [-0.2, 0) is 22.5 Å². The first-order valence-electron chi connectivity index (χ1n) is 12.5. The number of fused-ring (bicyclic) bond motifs is 2. The summed E-state index contributed by atoms with van der Waals surface area (Å²) in [5, 5.41) is 1.11. The van der Waals surface area contributed by atoms with Crippen molar-refractivity contribution in [3.63, 3.8) is 0 Å². The van der Waals surface area contributed by atoms with Crippen molar-refractivity contribution in [3.05, 3.63) is 52.8 Å². The van der Waals surface area contributed by atoms with Crippen LogP contribution in [0, 0.1) is 6.92 Å². The van der Waals surface area contributed by atoms with E-state index in [1.165, 1.54) is 11.1 Å². The van der Waals surface area contributed by atoms with Gasteiger partial charge in [-0.05, 0) is 86.9 Å². The van der Waals surface area contributed by atoms with E-state index in [9.17, 15) is 9.59 Å². The molecule has 7 nitrogen and oxygen atoms in total. The van der Waals surface area contributed by atoms with Gasteiger partial charge in [-0.25, -0.2) is 9.78 Å². The number of benzene rings is 1. The summed E-state index contributed by atoms with van der Waals surface area (Å²) in [6.07, 6.45) is 6.22. The molecule has 0 bridgehead atoms. The lowest BCUT2D eigenvalue weighted by molar-refractivity contribution is -0.129. The second-order valence-corrected chi connectivity index (χ2v) is 10.8. The number of aromatic nitrogens is 2. The highest BCUT2D eigenvalue weighted by molar-refractivity contribution is 5.85. The molecule has 184 valence electrons. The number of nitrogens with zero attached hydrogens (tertiary/aromatic N) is 3. The number of carbonyl (C=O) groups is 2. The third-order valence-corrected chi connectivity index (χ3v) is 7.13. The van der Waals surface area contributed by atoms with E-state index >= 15 is 0 Å². The molecule has 0 aliphatic carbocycles. The van der Waals surface area contributed by atoms with E-state index in [0.29, 0.717) is 19.6 Å². The van der Waals surface area contributed by atoms with E-state index in [2.05, 4.69) is 35.1 Å². The zero-order chi connectivity index (χ0) is 24.9. The molecule has 1 unspecified atom stereocenters. The zero-order valence-corrected chi connectivity index (χ0v) is 21.3. The molecule has 2 aromatic heterocycles. The van der Waals surface area contributed by atoms with Crippen molar-refractivity contribution < 1.29 is 14.3 Å². The second kappa shape index (κ2) is 8.70. The first-order valence-corrected chi connectivity index (χ1v) is 12.5. The SMILES string of the molecule is CC(=O)N1CCc2cc(-c3cnc4[nH]cc(C)c4c3)cc(C3CCCN3C(=O)OC(C)(C)C)c2C1. The maximum Gasteiger partial charge on any atom is 0.410 e. The predicted molar refractivity (Wildman–Crippen MR) is 136 cm³/mol. The second-order valence-electron chi connectivity index (χ2n) is 10.8. The van der Waals surface area contributed by atoms with Gasteiger partial charge in [-0.3, -0.25) is 4.79 Å². The Kier molecular flexibility index (Phi) is 5.82. The van der Waals surface area contributed by atoms with Gasteiger partial charge in [0.15, 0.2) is 0 Å². The molecule has 1 fully saturated rings. The Bertz CT molecular complexity index is 1300. The average Bonchev–Trinajstić information content (AvgIpc) is 3.44. The minimum Gasteiger partial charge on any atom is -0.444 e. The fourth-order valence-electron chi connectivity index (χ4n) is 5.35. The monoisotopic (exact) mass is 474 g/mol. The molecule has 0 spiro atoms. The van der Waals surface area contributed by atoms with Crippen LogP contribution >= 0.6 is 0 Å². The molecule has 3 aromatic rings. The summed E-state index contributed by atoms with van der Waals surface area (Å²) in [5.41, 5.74) is 7.19. The van der Waals surface area contributed by atoms with Gasteiger partial charge in [0.1, 0.15) is 11.2 Å². The topological polar surface area (TPSA) is 78.5 Å². The number of hydrogen-bond donors (Lipinski definition) is 1. The van der Waals surface area contributed by atoms with Gasteiger partial charge in [-0.1, -0.05) is 6.07 Å². The predicted octanol–water partition coefficient (Wildman–Crippen LogP) is 5.51. The molecule has 2 aliphatic rings. The van der Waals surface area contributed by atoms with Crippen LogP contribution in [0.2, 0.25) is 0 Å². The molecule has 1 N–H and O–H groups in total. The van der Waals surface area contributed by atoms with Gasteiger partial charge in [-0.15, -0.1) is 0 Å². The molecule has 2 aliphatic heterocycles. The molecule has 35 heavy (non-hydrogen) atoms. The lowest BCUT2D eigenvalue weighted by Gasteiger charge is -2.34. The minimum absolute atomic E-state index is 0.0730. The number of aryl methyl sites for hydroxylation is 1. The van der Waals surface area contributed by atoms with Crippen molar-refractivity contribution in [3.8, 4) is 11.1 Å². The maximum absolute atomic E-state index is 13.1. The number of likely N-dealkylation sites (tertiary alicyclic amines) is 1. The van der Waals surface area contributed by atoms with Gasteiger partial charge in [0.05, 0.1) is 6.04 Å². The summed E-state index contributed by atoms with van der Waals surface area (Å²) >= 11 is 0. The van der Waals surface area contributed by atoms with E-state index < -0.39 is 5.60 Å². The van der Waals surface area contributed by atoms with Crippen molar-refractivity contribution in [2.45, 2.75) is 72.1 Å². The van der Waals surface area contributed by atoms with Gasteiger partial charge in [-0.2, -0.15) is 0 Å². The van der Waals surface area contributed by atoms with Gasteiger partial charge in [0.2, 0.25) is 5.91 Å². The fourth-order valence-corrected chi connectivity index (χ4v) is 5.35. The van der Waals surface area contributed by atoms with Crippen LogP contribution in [0.4, 0.5) is 4.79 Å². The van der Waals surface area contributed by atoms with Crippen LogP contribution in [0.15, 0.2) is 30.6 Å². The first kappa shape index (κ1) is 23.4. The molecular formula is C28H34N4O3. The standard InChI is InChI=1S/C28H34N4O3/c1-17-14-29-26-22(17)13-21(15-30-26)20-11-19-8-10-31(18(2)33)16-24(19)23(12-20)25-7-6-9-32(25)27(34)35-28(3,4)5/h11-15,25H,6-10,16H2,1-5H3,(H,29,30). The largest absolute Gasteiger partial charge is 0.444 e. The van der Waals surface area contributed by atoms with Crippen molar-refractivity contribution in [2.24, 2.45) is 0 Å². The number of ether oxygens (including phenoxy) is 1. The average molecular weight is 475 g/mol. The van der Waals surface area contributed by atoms with Gasteiger partial charge in [0.25, 0.3) is 0 Å². The molecule has 0 radical (unpaired) electrons. The van der Waals surface area contributed by atoms with Crippen LogP contribution in [0.5, 0.6) is 0 Å². The minimum atomic E-state index is -0.549. The Balaban J connectivity index is 1.61. The zero-order valence-electron chi connectivity index (χ0n) is 21.3. The van der Waals surface area contributed by atoms with Crippen molar-refractivity contribution in [1.82, 2.24) is 19.8 Å². The van der Waals surface area contributed by atoms with E-state index in [1.807, 2.05) is 43.0 Å². The molecule has 5 rings (SSSR count). The van der Waals surface area contributed by atoms with Gasteiger partial charge in [0, 0.05) is 49.9 Å². The Morgan fingerprint density at radius 1 is 1.14 bits per heavy atom. The van der Waals surface area contributed by atoms with Crippen molar-refractivity contribution >= 4 is 23.0 Å². The van der Waals surface area contributed by atoms with Gasteiger partial charge >= 0.3 is 6.09 Å². The van der Waals surface area contributed by atoms with E-state index in [4.69, 9.17) is 4.74 Å². The highest BCUT2D eigenvalue weighted by Crippen LogP contribution is 2.40. The van der Waals surface area contributed by atoms with Crippen LogP contribution in [0.3, 0.4) is 0 Å². The quantitative estimate of drug-likeness (QED) is 0.531. The van der Waals surface area contributed by atoms with Crippen LogP contribution in [0.1, 0.15) is 68.8 Å². The number of nitrogens with one attached hydrogen (secondary N) is 1. The molecule has 0 saturated carbocycles. The lowest BCUT2D eigenvalue weighted by atomic mass is 9.86. The Hall–Kier alpha value is -3.35. The molecule has 4 heterocycles. The summed E-state index contributed by atoms with van der Waals surface area (Å²) in [5.74, 6) is 0.0821. The number of carbonyl (C=O) groups excluding carboxylic acids is 2. The third kappa shape index (κ3) is 4.51. The summed E-state index contributed by atoms with van der Waals surface area (Å²) in [6, 6.07) is 6.57. The summed E-state index contributed by atoms with van der Waals surface area (Å²) in [4.78, 5) is 37.0. The van der Waals surface area contributed by atoms with E-state index in [1.54, 1.807) is 6.92 Å². The molecule has 1 aromatic carbocycles. The third-order valence-electron chi connectivity index (χ3n) is 7.13. The lowest BCUT2D eigenvalue weighted by Crippen LogP contribution is -2.38. The summed E-state index contributed by atoms with van der Waals surface area (Å²) in [6.45, 7) is 11.4. The Labute approximate surface area is 206 Å². The smallest absolute Gasteiger partial charge is 0.410 e. The molecular weight excluding hydrogens is 440 g/mol. The highest BCUT2D eigenvalue weighted by atomic mass is 16.6. The summed E-state index contributed by atoms with van der Waals surface area (Å²) in [7, 11) is 0. The van der Waals surface area contributed by atoms with E-state index in [-0.39, 0.29) is 18.0 Å². The molecule has 7 heteroatoms. The van der Waals surface area contributed by atoms with Crippen LogP contribution in [0.25, 0.3) is 22.2 Å². The van der Waals surface area contributed by atoms with Gasteiger partial charge < -0.3 is 19.5 Å². The number of H-pyrrole nitrogens is 1. The summed E-state index contributed by atoms with van der Waals surface area (Å²) < 4.78 is 5.75. The Morgan fingerprint density at radius 2 is 1.94 bits per heavy atom. The van der Waals surface area contributed by atoms with E-state index in [0.717, 1.165) is 52.5 Å².